The van der Waals surface area contributed by atoms with Gasteiger partial charge in [0.25, 0.3) is 0 Å². The molecule has 0 aromatic heterocycles. The molecule has 156 valence electrons. The number of rotatable bonds is 4. The number of benzene rings is 2. The Morgan fingerprint density at radius 1 is 1.07 bits per heavy atom. The Kier molecular flexibility index (Phi) is 7.44. The SMILES string of the molecule is Cl.O=C(Cc1ccc(Cl)c(Cl)c1)N1CCc2c(F)cccc2C1CN1CCCC1. The van der Waals surface area contributed by atoms with Crippen LogP contribution in [0.25, 0.3) is 0 Å². The van der Waals surface area contributed by atoms with Crippen molar-refractivity contribution in [3.8, 4) is 0 Å². The molecule has 2 aliphatic heterocycles. The number of hydrogen-bond donors (Lipinski definition) is 0. The predicted octanol–water partition coefficient (Wildman–Crippen LogP) is 5.32. The summed E-state index contributed by atoms with van der Waals surface area (Å²) in [6.07, 6.45) is 3.17. The van der Waals surface area contributed by atoms with Crippen LogP contribution in [0.1, 0.15) is 35.6 Å². The molecule has 29 heavy (non-hydrogen) atoms. The molecular weight excluding hydrogens is 434 g/mol. The molecule has 0 aliphatic carbocycles. The molecule has 2 aromatic rings. The van der Waals surface area contributed by atoms with Crippen molar-refractivity contribution in [1.29, 1.82) is 0 Å². The van der Waals surface area contributed by atoms with Gasteiger partial charge in [0, 0.05) is 13.1 Å². The minimum absolute atomic E-state index is 0. The van der Waals surface area contributed by atoms with E-state index in [1.165, 1.54) is 18.9 Å². The number of fused-ring (bicyclic) bond motifs is 1. The Morgan fingerprint density at radius 2 is 1.83 bits per heavy atom. The van der Waals surface area contributed by atoms with Crippen molar-refractivity contribution < 1.29 is 9.18 Å². The van der Waals surface area contributed by atoms with Crippen LogP contribution in [-0.2, 0) is 17.6 Å². The third kappa shape index (κ3) is 4.88. The Morgan fingerprint density at radius 3 is 2.55 bits per heavy atom. The van der Waals surface area contributed by atoms with E-state index in [-0.39, 0.29) is 36.6 Å². The van der Waals surface area contributed by atoms with Crippen LogP contribution in [0.4, 0.5) is 4.39 Å². The van der Waals surface area contributed by atoms with Crippen molar-refractivity contribution in [3.05, 3.63) is 69.0 Å². The highest BCUT2D eigenvalue weighted by molar-refractivity contribution is 6.42. The fraction of sp³-hybridized carbons (Fsp3) is 0.409. The van der Waals surface area contributed by atoms with E-state index in [9.17, 15) is 9.18 Å². The van der Waals surface area contributed by atoms with Gasteiger partial charge >= 0.3 is 0 Å². The maximum absolute atomic E-state index is 14.4. The largest absolute Gasteiger partial charge is 0.334 e. The molecule has 1 saturated heterocycles. The third-order valence-corrected chi connectivity index (χ3v) is 6.52. The van der Waals surface area contributed by atoms with Gasteiger partial charge in [-0.15, -0.1) is 12.4 Å². The van der Waals surface area contributed by atoms with Crippen molar-refractivity contribution in [1.82, 2.24) is 9.80 Å². The van der Waals surface area contributed by atoms with Crippen LogP contribution in [0.2, 0.25) is 10.0 Å². The van der Waals surface area contributed by atoms with E-state index in [2.05, 4.69) is 4.90 Å². The molecule has 1 atom stereocenters. The van der Waals surface area contributed by atoms with Gasteiger partial charge in [0.1, 0.15) is 5.82 Å². The van der Waals surface area contributed by atoms with Gasteiger partial charge in [-0.2, -0.15) is 0 Å². The number of carbonyl (C=O) groups is 1. The lowest BCUT2D eigenvalue weighted by molar-refractivity contribution is -0.133. The Labute approximate surface area is 187 Å². The molecular formula is C22H24Cl3FN2O. The fourth-order valence-electron chi connectivity index (χ4n) is 4.34. The van der Waals surface area contributed by atoms with Gasteiger partial charge in [0.05, 0.1) is 22.5 Å². The molecule has 0 saturated carbocycles. The smallest absolute Gasteiger partial charge is 0.227 e. The number of carbonyl (C=O) groups excluding carboxylic acids is 1. The standard InChI is InChI=1S/C22H23Cl2FN2O.ClH/c23-18-7-6-15(12-19(18)24)13-22(28)27-11-8-16-17(4-3-5-20(16)25)21(27)14-26-9-1-2-10-26;/h3-7,12,21H,1-2,8-11,13-14H2;1H. The van der Waals surface area contributed by atoms with Crippen LogP contribution < -0.4 is 0 Å². The highest BCUT2D eigenvalue weighted by atomic mass is 35.5. The van der Waals surface area contributed by atoms with Crippen molar-refractivity contribution in [2.45, 2.75) is 31.7 Å². The fourth-order valence-corrected chi connectivity index (χ4v) is 4.66. The summed E-state index contributed by atoms with van der Waals surface area (Å²) in [5, 5.41) is 0.929. The first-order valence-electron chi connectivity index (χ1n) is 9.76. The predicted molar refractivity (Wildman–Crippen MR) is 118 cm³/mol. The van der Waals surface area contributed by atoms with Gasteiger partial charge in [-0.05, 0) is 67.2 Å². The first-order valence-corrected chi connectivity index (χ1v) is 10.5. The average molecular weight is 458 g/mol. The zero-order valence-electron chi connectivity index (χ0n) is 16.0. The lowest BCUT2D eigenvalue weighted by Gasteiger charge is -2.39. The van der Waals surface area contributed by atoms with Crippen molar-refractivity contribution in [2.24, 2.45) is 0 Å². The Hall–Kier alpha value is -1.33. The van der Waals surface area contributed by atoms with E-state index in [4.69, 9.17) is 23.2 Å². The van der Waals surface area contributed by atoms with E-state index in [1.54, 1.807) is 18.2 Å². The zero-order valence-corrected chi connectivity index (χ0v) is 18.4. The van der Waals surface area contributed by atoms with Crippen molar-refractivity contribution >= 4 is 41.5 Å². The molecule has 0 radical (unpaired) electrons. The summed E-state index contributed by atoms with van der Waals surface area (Å²) in [5.74, 6) is -0.127. The first-order chi connectivity index (χ1) is 13.5. The normalized spacial score (nSPS) is 19.0. The number of nitrogens with zero attached hydrogens (tertiary/aromatic N) is 2. The second-order valence-electron chi connectivity index (χ2n) is 7.59. The first kappa shape index (κ1) is 22.4. The molecule has 2 aromatic carbocycles. The summed E-state index contributed by atoms with van der Waals surface area (Å²) in [6, 6.07) is 10.4. The van der Waals surface area contributed by atoms with Crippen molar-refractivity contribution in [2.75, 3.05) is 26.2 Å². The van der Waals surface area contributed by atoms with Crippen LogP contribution in [0.15, 0.2) is 36.4 Å². The van der Waals surface area contributed by atoms with Gasteiger partial charge in [0.2, 0.25) is 5.91 Å². The number of likely N-dealkylation sites (tertiary alicyclic amines) is 1. The molecule has 1 unspecified atom stereocenters. The summed E-state index contributed by atoms with van der Waals surface area (Å²) in [6.45, 7) is 3.36. The molecule has 7 heteroatoms. The summed E-state index contributed by atoms with van der Waals surface area (Å²) >= 11 is 12.1. The van der Waals surface area contributed by atoms with Crippen LogP contribution >= 0.6 is 35.6 Å². The number of amides is 1. The van der Waals surface area contributed by atoms with Gasteiger partial charge in [0.15, 0.2) is 0 Å². The van der Waals surface area contributed by atoms with E-state index in [1.807, 2.05) is 17.0 Å². The molecule has 2 heterocycles. The molecule has 0 N–H and O–H groups in total. The van der Waals surface area contributed by atoms with Crippen LogP contribution in [-0.4, -0.2) is 41.9 Å². The summed E-state index contributed by atoms with van der Waals surface area (Å²) < 4.78 is 14.4. The van der Waals surface area contributed by atoms with Crippen LogP contribution in [0, 0.1) is 5.82 Å². The lowest BCUT2D eigenvalue weighted by atomic mass is 9.91. The molecule has 4 rings (SSSR count). The molecule has 0 bridgehead atoms. The van der Waals surface area contributed by atoms with Gasteiger partial charge in [-0.25, -0.2) is 4.39 Å². The van der Waals surface area contributed by atoms with Gasteiger partial charge < -0.3 is 9.80 Å². The number of halogens is 4. The van der Waals surface area contributed by atoms with Crippen LogP contribution in [0.5, 0.6) is 0 Å². The second-order valence-corrected chi connectivity index (χ2v) is 8.41. The average Bonchev–Trinajstić information content (AvgIpc) is 3.18. The third-order valence-electron chi connectivity index (χ3n) is 5.78. The Balaban J connectivity index is 0.00000240. The number of hydrogen-bond acceptors (Lipinski definition) is 2. The monoisotopic (exact) mass is 456 g/mol. The summed E-state index contributed by atoms with van der Waals surface area (Å²) in [5.41, 5.74) is 2.54. The highest BCUT2D eigenvalue weighted by Crippen LogP contribution is 2.33. The second kappa shape index (κ2) is 9.65. The molecule has 0 spiro atoms. The maximum Gasteiger partial charge on any atom is 0.227 e. The summed E-state index contributed by atoms with van der Waals surface area (Å²) in [4.78, 5) is 17.5. The van der Waals surface area contributed by atoms with Gasteiger partial charge in [-0.3, -0.25) is 4.79 Å². The molecule has 1 amide bonds. The van der Waals surface area contributed by atoms with E-state index in [0.717, 1.165) is 36.3 Å². The van der Waals surface area contributed by atoms with E-state index < -0.39 is 0 Å². The molecule has 3 nitrogen and oxygen atoms in total. The topological polar surface area (TPSA) is 23.6 Å². The maximum atomic E-state index is 14.4. The zero-order chi connectivity index (χ0) is 19.7. The minimum Gasteiger partial charge on any atom is -0.334 e. The summed E-state index contributed by atoms with van der Waals surface area (Å²) in [7, 11) is 0. The molecule has 2 aliphatic rings. The molecule has 1 fully saturated rings. The highest BCUT2D eigenvalue weighted by Gasteiger charge is 2.33. The van der Waals surface area contributed by atoms with Crippen LogP contribution in [0.3, 0.4) is 0 Å². The van der Waals surface area contributed by atoms with E-state index in [0.29, 0.717) is 23.0 Å². The minimum atomic E-state index is -0.166. The van der Waals surface area contributed by atoms with Crippen molar-refractivity contribution in [3.63, 3.8) is 0 Å². The Bertz CT molecular complexity index is 886. The van der Waals surface area contributed by atoms with Gasteiger partial charge in [-0.1, -0.05) is 41.4 Å². The lowest BCUT2D eigenvalue weighted by Crippen LogP contribution is -2.45. The van der Waals surface area contributed by atoms with E-state index >= 15 is 0 Å². The quantitative estimate of drug-likeness (QED) is 0.620.